The van der Waals surface area contributed by atoms with E-state index in [1.807, 2.05) is 18.7 Å². The SMILES string of the molecule is CCOC(=O)CCS(=O)(=O)N1CCN(C(C)(C)C#N)CC1. The maximum Gasteiger partial charge on any atom is 0.306 e. The van der Waals surface area contributed by atoms with Gasteiger partial charge in [-0.3, -0.25) is 9.69 Å². The number of piperazine rings is 1. The quantitative estimate of drug-likeness (QED) is 0.650. The highest BCUT2D eigenvalue weighted by Gasteiger charge is 2.33. The Morgan fingerprint density at radius 2 is 1.86 bits per heavy atom. The first-order valence-corrected chi connectivity index (χ1v) is 8.63. The molecule has 120 valence electrons. The third-order valence-electron chi connectivity index (χ3n) is 3.57. The van der Waals surface area contributed by atoms with Crippen LogP contribution in [0.1, 0.15) is 27.2 Å². The summed E-state index contributed by atoms with van der Waals surface area (Å²) in [4.78, 5) is 13.2. The average Bonchev–Trinajstić information content (AvgIpc) is 2.46. The average molecular weight is 317 g/mol. The smallest absolute Gasteiger partial charge is 0.306 e. The van der Waals surface area contributed by atoms with Crippen molar-refractivity contribution >= 4 is 16.0 Å². The van der Waals surface area contributed by atoms with Gasteiger partial charge in [0.15, 0.2) is 0 Å². The van der Waals surface area contributed by atoms with E-state index in [4.69, 9.17) is 10.00 Å². The summed E-state index contributed by atoms with van der Waals surface area (Å²) in [5.41, 5.74) is -0.596. The van der Waals surface area contributed by atoms with Crippen LogP contribution in [0.15, 0.2) is 0 Å². The first-order chi connectivity index (χ1) is 9.73. The van der Waals surface area contributed by atoms with Gasteiger partial charge in [0.25, 0.3) is 0 Å². The molecule has 7 nitrogen and oxygen atoms in total. The van der Waals surface area contributed by atoms with Crippen molar-refractivity contribution in [3.63, 3.8) is 0 Å². The van der Waals surface area contributed by atoms with E-state index in [2.05, 4.69) is 6.07 Å². The van der Waals surface area contributed by atoms with E-state index in [0.29, 0.717) is 26.2 Å². The van der Waals surface area contributed by atoms with Crippen LogP contribution in [-0.4, -0.2) is 67.7 Å². The highest BCUT2D eigenvalue weighted by Crippen LogP contribution is 2.17. The minimum absolute atomic E-state index is 0.125. The second-order valence-electron chi connectivity index (χ2n) is 5.43. The zero-order valence-electron chi connectivity index (χ0n) is 12.8. The van der Waals surface area contributed by atoms with Gasteiger partial charge in [-0.05, 0) is 20.8 Å². The number of hydrogen-bond donors (Lipinski definition) is 0. The number of rotatable bonds is 6. The lowest BCUT2D eigenvalue weighted by Crippen LogP contribution is -2.55. The van der Waals surface area contributed by atoms with E-state index in [0.717, 1.165) is 0 Å². The molecule has 0 aromatic heterocycles. The van der Waals surface area contributed by atoms with Gasteiger partial charge < -0.3 is 4.74 Å². The lowest BCUT2D eigenvalue weighted by atomic mass is 10.0. The number of nitrogens with zero attached hydrogens (tertiary/aromatic N) is 3. The summed E-state index contributed by atoms with van der Waals surface area (Å²) in [7, 11) is -3.45. The molecule has 0 aromatic carbocycles. The number of ether oxygens (including phenoxy) is 1. The molecule has 0 unspecified atom stereocenters. The normalized spacial score (nSPS) is 18.2. The van der Waals surface area contributed by atoms with Crippen molar-refractivity contribution in [1.29, 1.82) is 5.26 Å². The van der Waals surface area contributed by atoms with E-state index in [1.165, 1.54) is 4.31 Å². The van der Waals surface area contributed by atoms with Crippen LogP contribution in [0.3, 0.4) is 0 Å². The van der Waals surface area contributed by atoms with Crippen molar-refractivity contribution < 1.29 is 17.9 Å². The van der Waals surface area contributed by atoms with Gasteiger partial charge in [0.05, 0.1) is 24.8 Å². The van der Waals surface area contributed by atoms with Crippen LogP contribution in [0.2, 0.25) is 0 Å². The van der Waals surface area contributed by atoms with Crippen molar-refractivity contribution in [3.8, 4) is 6.07 Å². The van der Waals surface area contributed by atoms with Crippen molar-refractivity contribution in [2.75, 3.05) is 38.5 Å². The maximum absolute atomic E-state index is 12.2. The summed E-state index contributed by atoms with van der Waals surface area (Å²) in [6.07, 6.45) is -0.125. The Hall–Kier alpha value is -1.17. The number of hydrogen-bond acceptors (Lipinski definition) is 6. The molecule has 0 N–H and O–H groups in total. The molecule has 0 aliphatic carbocycles. The zero-order chi connectivity index (χ0) is 16.1. The molecule has 0 radical (unpaired) electrons. The Bertz CT molecular complexity index is 502. The molecule has 0 atom stereocenters. The number of carbonyl (C=O) groups excluding carboxylic acids is 1. The van der Waals surface area contributed by atoms with Gasteiger partial charge in [0.2, 0.25) is 10.0 Å². The van der Waals surface area contributed by atoms with Crippen LogP contribution in [0.25, 0.3) is 0 Å². The van der Waals surface area contributed by atoms with Gasteiger partial charge in [-0.1, -0.05) is 0 Å². The summed E-state index contributed by atoms with van der Waals surface area (Å²) in [5, 5.41) is 9.09. The predicted octanol–water partition coefficient (Wildman–Crippen LogP) is 0.189. The Balaban J connectivity index is 2.53. The highest BCUT2D eigenvalue weighted by atomic mass is 32.2. The van der Waals surface area contributed by atoms with Crippen molar-refractivity contribution in [2.45, 2.75) is 32.7 Å². The molecule has 0 saturated carbocycles. The lowest BCUT2D eigenvalue weighted by molar-refractivity contribution is -0.142. The maximum atomic E-state index is 12.2. The monoisotopic (exact) mass is 317 g/mol. The van der Waals surface area contributed by atoms with Gasteiger partial charge in [0.1, 0.15) is 5.54 Å². The highest BCUT2D eigenvalue weighted by molar-refractivity contribution is 7.89. The summed E-state index contributed by atoms with van der Waals surface area (Å²) in [6, 6.07) is 2.22. The molecule has 0 amide bonds. The second kappa shape index (κ2) is 7.20. The molecule has 0 aromatic rings. The van der Waals surface area contributed by atoms with Gasteiger partial charge in [-0.15, -0.1) is 0 Å². The first-order valence-electron chi connectivity index (χ1n) is 7.02. The van der Waals surface area contributed by atoms with E-state index in [1.54, 1.807) is 6.92 Å². The lowest BCUT2D eigenvalue weighted by Gasteiger charge is -2.39. The fraction of sp³-hybridized carbons (Fsp3) is 0.846. The Labute approximate surface area is 126 Å². The van der Waals surface area contributed by atoms with E-state index in [9.17, 15) is 13.2 Å². The summed E-state index contributed by atoms with van der Waals surface area (Å²) in [5.74, 6) is -0.724. The topological polar surface area (TPSA) is 90.7 Å². The summed E-state index contributed by atoms with van der Waals surface area (Å²) in [6.45, 7) is 7.28. The first kappa shape index (κ1) is 17.9. The van der Waals surface area contributed by atoms with Gasteiger partial charge >= 0.3 is 5.97 Å². The summed E-state index contributed by atoms with van der Waals surface area (Å²) >= 11 is 0. The molecule has 0 bridgehead atoms. The minimum Gasteiger partial charge on any atom is -0.466 e. The predicted molar refractivity (Wildman–Crippen MR) is 77.9 cm³/mol. The van der Waals surface area contributed by atoms with Gasteiger partial charge in [-0.25, -0.2) is 8.42 Å². The molecule has 1 fully saturated rings. The van der Waals surface area contributed by atoms with E-state index < -0.39 is 21.5 Å². The van der Waals surface area contributed by atoms with E-state index >= 15 is 0 Å². The molecule has 1 heterocycles. The van der Waals surface area contributed by atoms with Gasteiger partial charge in [0, 0.05) is 26.2 Å². The van der Waals surface area contributed by atoms with Crippen LogP contribution >= 0.6 is 0 Å². The number of carbonyl (C=O) groups is 1. The molecule has 8 heteroatoms. The second-order valence-corrected chi connectivity index (χ2v) is 7.52. The van der Waals surface area contributed by atoms with Crippen LogP contribution in [0.5, 0.6) is 0 Å². The number of sulfonamides is 1. The Morgan fingerprint density at radius 1 is 1.29 bits per heavy atom. The Kier molecular flexibility index (Phi) is 6.13. The molecular weight excluding hydrogens is 294 g/mol. The van der Waals surface area contributed by atoms with Crippen molar-refractivity contribution in [2.24, 2.45) is 0 Å². The molecule has 1 aliphatic rings. The molecule has 1 rings (SSSR count). The number of esters is 1. The van der Waals surface area contributed by atoms with Crippen LogP contribution < -0.4 is 0 Å². The molecular formula is C13H23N3O4S. The fourth-order valence-electron chi connectivity index (χ4n) is 2.17. The molecule has 21 heavy (non-hydrogen) atoms. The molecule has 1 saturated heterocycles. The zero-order valence-corrected chi connectivity index (χ0v) is 13.6. The number of nitriles is 1. The largest absolute Gasteiger partial charge is 0.466 e. The van der Waals surface area contributed by atoms with Crippen molar-refractivity contribution in [3.05, 3.63) is 0 Å². The minimum atomic E-state index is -3.45. The van der Waals surface area contributed by atoms with Crippen LogP contribution in [-0.2, 0) is 19.6 Å². The summed E-state index contributed by atoms with van der Waals surface area (Å²) < 4.78 is 30.4. The fourth-order valence-corrected chi connectivity index (χ4v) is 3.57. The third kappa shape index (κ3) is 4.95. The molecule has 0 spiro atoms. The van der Waals surface area contributed by atoms with Crippen molar-refractivity contribution in [1.82, 2.24) is 9.21 Å². The van der Waals surface area contributed by atoms with Crippen LogP contribution in [0, 0.1) is 11.3 Å². The standard InChI is InChI=1S/C13H23N3O4S/c1-4-20-12(17)5-10-21(18,19)16-8-6-15(7-9-16)13(2,3)11-14/h4-10H2,1-3H3. The van der Waals surface area contributed by atoms with Gasteiger partial charge in [-0.2, -0.15) is 9.57 Å². The van der Waals surface area contributed by atoms with Crippen LogP contribution in [0.4, 0.5) is 0 Å². The molecule has 1 aliphatic heterocycles. The Morgan fingerprint density at radius 3 is 2.33 bits per heavy atom. The third-order valence-corrected chi connectivity index (χ3v) is 5.44. The van der Waals surface area contributed by atoms with E-state index in [-0.39, 0.29) is 18.8 Å².